The lowest BCUT2D eigenvalue weighted by atomic mass is 10.2. The molecule has 0 spiro atoms. The molecular formula is C22H22N6O6S. The number of ketones is 1. The molecule has 3 aromatic rings. The van der Waals surface area contributed by atoms with Crippen molar-refractivity contribution in [2.24, 2.45) is 0 Å². The smallest absolute Gasteiger partial charge is 0.276 e. The van der Waals surface area contributed by atoms with Crippen LogP contribution >= 0.6 is 0 Å². The van der Waals surface area contributed by atoms with Crippen molar-refractivity contribution < 1.29 is 22.9 Å². The summed E-state index contributed by atoms with van der Waals surface area (Å²) >= 11 is 0. The van der Waals surface area contributed by atoms with Gasteiger partial charge >= 0.3 is 0 Å². The van der Waals surface area contributed by atoms with Gasteiger partial charge in [-0.2, -0.15) is 4.31 Å². The summed E-state index contributed by atoms with van der Waals surface area (Å²) in [4.78, 5) is 36.6. The van der Waals surface area contributed by atoms with Gasteiger partial charge in [-0.3, -0.25) is 19.7 Å². The van der Waals surface area contributed by atoms with E-state index in [0.29, 0.717) is 16.9 Å². The first-order chi connectivity index (χ1) is 16.6. The predicted octanol–water partition coefficient (Wildman–Crippen LogP) is 1.83. The molecule has 1 fully saturated rings. The fourth-order valence-electron chi connectivity index (χ4n) is 3.80. The molecule has 35 heavy (non-hydrogen) atoms. The van der Waals surface area contributed by atoms with Crippen molar-refractivity contribution >= 4 is 27.4 Å². The molecule has 0 atom stereocenters. The predicted molar refractivity (Wildman–Crippen MR) is 124 cm³/mol. The number of hydrogen-bond donors (Lipinski definition) is 0. The molecule has 0 N–H and O–H groups in total. The summed E-state index contributed by atoms with van der Waals surface area (Å²) in [5.41, 5.74) is 1.21. The second-order valence-corrected chi connectivity index (χ2v) is 9.93. The minimum absolute atomic E-state index is 0.0815. The third kappa shape index (κ3) is 4.68. The molecule has 13 heteroatoms. The summed E-state index contributed by atoms with van der Waals surface area (Å²) in [5, 5.41) is 19.0. The highest BCUT2D eigenvalue weighted by Gasteiger charge is 2.32. The number of hydrogen-bond acceptors (Lipinski definition) is 8. The van der Waals surface area contributed by atoms with Gasteiger partial charge < -0.3 is 4.90 Å². The third-order valence-corrected chi connectivity index (χ3v) is 7.72. The third-order valence-electron chi connectivity index (χ3n) is 5.81. The number of non-ortho nitro benzene ring substituents is 1. The molecule has 1 aromatic heterocycles. The second kappa shape index (κ2) is 9.35. The van der Waals surface area contributed by atoms with E-state index < -0.39 is 20.9 Å². The van der Waals surface area contributed by atoms with Gasteiger partial charge in [0, 0.05) is 43.9 Å². The summed E-state index contributed by atoms with van der Waals surface area (Å²) in [7, 11) is -3.77. The van der Waals surface area contributed by atoms with Crippen molar-refractivity contribution in [2.75, 3.05) is 26.2 Å². The lowest BCUT2D eigenvalue weighted by Gasteiger charge is -2.33. The standard InChI is InChI=1S/C22H22N6O6S/c1-15-21(23-24-27(15)18-4-3-5-19(14-18)28(31)32)22(30)25-10-12-26(13-11-25)35(33,34)20-8-6-17(7-9-20)16(2)29/h3-9,14H,10-13H2,1-2H3. The van der Waals surface area contributed by atoms with E-state index in [1.54, 1.807) is 13.0 Å². The first-order valence-corrected chi connectivity index (χ1v) is 12.1. The van der Waals surface area contributed by atoms with E-state index in [4.69, 9.17) is 0 Å². The fraction of sp³-hybridized carbons (Fsp3) is 0.273. The highest BCUT2D eigenvalue weighted by molar-refractivity contribution is 7.89. The maximum Gasteiger partial charge on any atom is 0.276 e. The lowest BCUT2D eigenvalue weighted by molar-refractivity contribution is -0.384. The molecule has 0 radical (unpaired) electrons. The molecule has 0 aliphatic carbocycles. The number of carbonyl (C=O) groups is 2. The minimum atomic E-state index is -3.77. The van der Waals surface area contributed by atoms with Crippen molar-refractivity contribution in [3.8, 4) is 5.69 Å². The van der Waals surface area contributed by atoms with Crippen molar-refractivity contribution in [3.63, 3.8) is 0 Å². The van der Waals surface area contributed by atoms with E-state index in [1.165, 1.54) is 63.3 Å². The fourth-order valence-corrected chi connectivity index (χ4v) is 5.22. The second-order valence-electron chi connectivity index (χ2n) is 7.99. The zero-order chi connectivity index (χ0) is 25.3. The number of Topliss-reactive ketones (excluding diaryl/α,β-unsaturated/α-hetero) is 1. The van der Waals surface area contributed by atoms with Gasteiger partial charge in [-0.25, -0.2) is 13.1 Å². The monoisotopic (exact) mass is 498 g/mol. The van der Waals surface area contributed by atoms with Gasteiger partial charge in [0.25, 0.3) is 11.6 Å². The first kappa shape index (κ1) is 24.2. The van der Waals surface area contributed by atoms with Crippen LogP contribution in [-0.2, 0) is 10.0 Å². The summed E-state index contributed by atoms with van der Waals surface area (Å²) in [6.07, 6.45) is 0. The van der Waals surface area contributed by atoms with Gasteiger partial charge in [-0.1, -0.05) is 23.4 Å². The average molecular weight is 499 g/mol. The number of nitrogens with zero attached hydrogens (tertiary/aromatic N) is 6. The highest BCUT2D eigenvalue weighted by Crippen LogP contribution is 2.21. The molecule has 1 aliphatic heterocycles. The largest absolute Gasteiger partial charge is 0.335 e. The molecule has 182 valence electrons. The van der Waals surface area contributed by atoms with Crippen molar-refractivity contribution in [3.05, 3.63) is 75.6 Å². The summed E-state index contributed by atoms with van der Waals surface area (Å²) in [6.45, 7) is 3.56. The Balaban J connectivity index is 1.46. The molecule has 2 heterocycles. The average Bonchev–Trinajstić information content (AvgIpc) is 3.25. The number of nitro benzene ring substituents is 1. The van der Waals surface area contributed by atoms with Gasteiger partial charge in [-0.15, -0.1) is 5.10 Å². The van der Waals surface area contributed by atoms with Crippen LogP contribution in [0.1, 0.15) is 33.5 Å². The van der Waals surface area contributed by atoms with E-state index in [1.807, 2.05) is 0 Å². The molecule has 12 nitrogen and oxygen atoms in total. The number of rotatable bonds is 6. The normalized spacial score (nSPS) is 14.6. The van der Waals surface area contributed by atoms with Gasteiger partial charge in [0.15, 0.2) is 11.5 Å². The highest BCUT2D eigenvalue weighted by atomic mass is 32.2. The van der Waals surface area contributed by atoms with Crippen molar-refractivity contribution in [2.45, 2.75) is 18.7 Å². The Bertz CT molecular complexity index is 1410. The van der Waals surface area contributed by atoms with Gasteiger partial charge in [0.05, 0.1) is 21.2 Å². The van der Waals surface area contributed by atoms with E-state index in [2.05, 4.69) is 10.3 Å². The molecule has 1 saturated heterocycles. The SMILES string of the molecule is CC(=O)c1ccc(S(=O)(=O)N2CCN(C(=O)c3nnn(-c4cccc([N+](=O)[O-])c4)c3C)CC2)cc1. The number of nitro groups is 1. The van der Waals surface area contributed by atoms with Crippen LogP contribution in [0.25, 0.3) is 5.69 Å². The minimum Gasteiger partial charge on any atom is -0.335 e. The Kier molecular flexibility index (Phi) is 6.45. The maximum absolute atomic E-state index is 13.1. The van der Waals surface area contributed by atoms with E-state index in [9.17, 15) is 28.1 Å². The Morgan fingerprint density at radius 3 is 2.29 bits per heavy atom. The number of sulfonamides is 1. The Morgan fingerprint density at radius 1 is 1.03 bits per heavy atom. The van der Waals surface area contributed by atoms with Crippen LogP contribution in [0, 0.1) is 17.0 Å². The molecule has 1 aliphatic rings. The Morgan fingerprint density at radius 2 is 1.69 bits per heavy atom. The number of aromatic nitrogens is 3. The molecule has 4 rings (SSSR count). The van der Waals surface area contributed by atoms with Crippen molar-refractivity contribution in [1.82, 2.24) is 24.2 Å². The Hall–Kier alpha value is -3.97. The molecule has 2 aromatic carbocycles. The summed E-state index contributed by atoms with van der Waals surface area (Å²) in [6, 6.07) is 11.6. The van der Waals surface area contributed by atoms with Gasteiger partial charge in [0.2, 0.25) is 10.0 Å². The van der Waals surface area contributed by atoms with Crippen LogP contribution in [0.15, 0.2) is 53.4 Å². The quantitative estimate of drug-likeness (QED) is 0.284. The molecular weight excluding hydrogens is 476 g/mol. The van der Waals surface area contributed by atoms with E-state index in [-0.39, 0.29) is 48.2 Å². The van der Waals surface area contributed by atoms with Crippen LogP contribution in [-0.4, -0.2) is 75.4 Å². The maximum atomic E-state index is 13.1. The van der Waals surface area contributed by atoms with Gasteiger partial charge in [0.1, 0.15) is 0 Å². The van der Waals surface area contributed by atoms with Gasteiger partial charge in [-0.05, 0) is 32.0 Å². The van der Waals surface area contributed by atoms with Crippen LogP contribution in [0.5, 0.6) is 0 Å². The number of benzene rings is 2. The van der Waals surface area contributed by atoms with Crippen LogP contribution in [0.4, 0.5) is 5.69 Å². The number of amides is 1. The Labute approximate surface area is 201 Å². The number of piperazine rings is 1. The molecule has 0 bridgehead atoms. The topological polar surface area (TPSA) is 149 Å². The van der Waals surface area contributed by atoms with Crippen molar-refractivity contribution in [1.29, 1.82) is 0 Å². The first-order valence-electron chi connectivity index (χ1n) is 10.7. The molecule has 0 saturated carbocycles. The number of carbonyl (C=O) groups excluding carboxylic acids is 2. The van der Waals surface area contributed by atoms with E-state index in [0.717, 1.165) is 0 Å². The van der Waals surface area contributed by atoms with Crippen LogP contribution < -0.4 is 0 Å². The van der Waals surface area contributed by atoms with Crippen LogP contribution in [0.2, 0.25) is 0 Å². The summed E-state index contributed by atoms with van der Waals surface area (Å²) < 4.78 is 28.6. The molecule has 1 amide bonds. The lowest BCUT2D eigenvalue weighted by Crippen LogP contribution is -2.50. The summed E-state index contributed by atoms with van der Waals surface area (Å²) in [5.74, 6) is -0.555. The van der Waals surface area contributed by atoms with E-state index >= 15 is 0 Å². The molecule has 0 unspecified atom stereocenters. The zero-order valence-electron chi connectivity index (χ0n) is 19.0. The zero-order valence-corrected chi connectivity index (χ0v) is 19.8. The van der Waals surface area contributed by atoms with Crippen LogP contribution in [0.3, 0.4) is 0 Å².